The van der Waals surface area contributed by atoms with Gasteiger partial charge in [0.1, 0.15) is 41.6 Å². The monoisotopic (exact) mass is 696 g/mol. The highest BCUT2D eigenvalue weighted by atomic mass is 32.2. The van der Waals surface area contributed by atoms with Crippen LogP contribution in [0.3, 0.4) is 0 Å². The highest BCUT2D eigenvalue weighted by molar-refractivity contribution is 8.16. The molecule has 0 unspecified atom stereocenters. The Balaban J connectivity index is 1.78. The predicted octanol–water partition coefficient (Wildman–Crippen LogP) is 0.867. The quantitative estimate of drug-likeness (QED) is 0.0758. The molecule has 1 aromatic heterocycles. The number of aliphatic hydroxyl groups excluding tert-OH is 1. The molecule has 3 heterocycles. The number of hydrogen-bond acceptors (Lipinski definition) is 17. The van der Waals surface area contributed by atoms with Gasteiger partial charge in [-0.3, -0.25) is 24.9 Å². The van der Waals surface area contributed by atoms with Crippen LogP contribution in [0.15, 0.2) is 44.1 Å². The summed E-state index contributed by atoms with van der Waals surface area (Å²) in [5.41, 5.74) is 4.17. The summed E-state index contributed by atoms with van der Waals surface area (Å²) in [5.74, 6) is -2.40. The number of nitrogens with zero attached hydrogens (tertiary/aromatic N) is 2. The molecule has 3 rings (SSSR count). The molecule has 17 nitrogen and oxygen atoms in total. The summed E-state index contributed by atoms with van der Waals surface area (Å²) >= 11 is 1.11. The van der Waals surface area contributed by atoms with E-state index < -0.39 is 78.5 Å². The number of thioether (sulfide) groups is 1. The molecular formula is C30H40N4O13S. The molecule has 0 radical (unpaired) electrons. The molecule has 0 saturated carbocycles. The molecule has 7 atom stereocenters. The second kappa shape index (κ2) is 17.2. The topological polar surface area (TPSA) is 237 Å². The lowest BCUT2D eigenvalue weighted by Gasteiger charge is -2.41. The minimum atomic E-state index is -1.73. The second-order valence-corrected chi connectivity index (χ2v) is 11.8. The minimum Gasteiger partial charge on any atom is -0.489 e. The smallest absolute Gasteiger partial charge is 0.339 e. The fraction of sp³-hybridized carbons (Fsp3) is 0.567. The zero-order chi connectivity index (χ0) is 35.6. The van der Waals surface area contributed by atoms with Crippen molar-refractivity contribution < 1.29 is 57.2 Å². The van der Waals surface area contributed by atoms with E-state index in [0.29, 0.717) is 12.8 Å². The van der Waals surface area contributed by atoms with Crippen LogP contribution in [0.4, 0.5) is 0 Å². The number of esters is 3. The van der Waals surface area contributed by atoms with E-state index in [0.717, 1.165) is 32.5 Å². The molecule has 0 aliphatic carbocycles. The molecule has 264 valence electrons. The van der Waals surface area contributed by atoms with E-state index in [9.17, 15) is 29.1 Å². The van der Waals surface area contributed by atoms with E-state index in [1.807, 2.05) is 6.92 Å². The number of aliphatic hydroxyl groups is 1. The van der Waals surface area contributed by atoms with Crippen molar-refractivity contribution in [2.24, 2.45) is 15.9 Å². The van der Waals surface area contributed by atoms with Crippen molar-refractivity contribution in [1.29, 1.82) is 0 Å². The number of rotatable bonds is 15. The molecule has 0 bridgehead atoms. The first-order valence-corrected chi connectivity index (χ1v) is 15.9. The van der Waals surface area contributed by atoms with Gasteiger partial charge in [-0.1, -0.05) is 31.2 Å². The van der Waals surface area contributed by atoms with Crippen LogP contribution in [0.5, 0.6) is 5.75 Å². The number of amides is 1. The van der Waals surface area contributed by atoms with Crippen LogP contribution in [0.1, 0.15) is 59.3 Å². The molecule has 4 N–H and O–H groups in total. The van der Waals surface area contributed by atoms with Crippen LogP contribution < -0.4 is 21.4 Å². The molecule has 1 amide bonds. The molecule has 1 saturated heterocycles. The van der Waals surface area contributed by atoms with Crippen LogP contribution >= 0.6 is 11.8 Å². The van der Waals surface area contributed by atoms with Gasteiger partial charge in [0.05, 0.1) is 12.1 Å². The van der Waals surface area contributed by atoms with Crippen molar-refractivity contribution in [2.75, 3.05) is 19.0 Å². The standard InChI is InChI=1S/C30H40N4O13S/c1-7-9-20(21-11-19(41-10-8-2)12-23(38)45-21)32-29(40)30(31)14-48-27(33-30)15(3)34-47-28-24(39)26(44-18(6)37)25(43-17(5)36)22(46-28)13-42-16(4)35/h8,11-12,20,22,24-26,28,39H,2,7,9-10,13-14,31H2,1,3-6H3,(H,32,40)/b34-15+/t20-,22-,24-,25-,26-,28-,30+/m1/s1. The van der Waals surface area contributed by atoms with E-state index in [2.05, 4.69) is 22.0 Å². The van der Waals surface area contributed by atoms with E-state index in [1.54, 1.807) is 0 Å². The summed E-state index contributed by atoms with van der Waals surface area (Å²) in [6.07, 6.45) is -4.72. The lowest BCUT2D eigenvalue weighted by Crippen LogP contribution is -2.61. The highest BCUT2D eigenvalue weighted by Gasteiger charge is 2.51. The largest absolute Gasteiger partial charge is 0.489 e. The van der Waals surface area contributed by atoms with E-state index in [4.69, 9.17) is 38.7 Å². The fourth-order valence-electron chi connectivity index (χ4n) is 4.61. The molecule has 1 aromatic rings. The molecule has 1 fully saturated rings. The second-order valence-electron chi connectivity index (χ2n) is 10.8. The van der Waals surface area contributed by atoms with Gasteiger partial charge in [0.15, 0.2) is 24.0 Å². The van der Waals surface area contributed by atoms with Gasteiger partial charge >= 0.3 is 23.5 Å². The lowest BCUT2D eigenvalue weighted by atomic mass is 9.98. The summed E-state index contributed by atoms with van der Waals surface area (Å²) in [5, 5.41) is 18.0. The Morgan fingerprint density at radius 1 is 1.19 bits per heavy atom. The molecule has 2 aliphatic heterocycles. The molecular weight excluding hydrogens is 656 g/mol. The Morgan fingerprint density at radius 2 is 1.88 bits per heavy atom. The van der Waals surface area contributed by atoms with Crippen LogP contribution in [0, 0.1) is 0 Å². The first-order chi connectivity index (χ1) is 22.7. The SMILES string of the molecule is C=CCOc1cc([C@@H](CCC)NC(=O)[C@]2(N)CSC(/C(C)=N/O[C@H]3O[C@H](COC(C)=O)[C@@H](OC(C)=O)[C@H](OC(C)=O)[C@H]3O)=N2)oc(=O)c1. The van der Waals surface area contributed by atoms with Crippen LogP contribution in [0.2, 0.25) is 0 Å². The maximum Gasteiger partial charge on any atom is 0.339 e. The number of nitrogens with one attached hydrogen (secondary N) is 1. The van der Waals surface area contributed by atoms with E-state index in [-0.39, 0.29) is 34.6 Å². The Hall–Kier alpha value is -4.26. The third kappa shape index (κ3) is 10.4. The van der Waals surface area contributed by atoms with E-state index >= 15 is 0 Å². The Bertz CT molecular complexity index is 1480. The first kappa shape index (κ1) is 38.2. The lowest BCUT2D eigenvalue weighted by molar-refractivity contribution is -0.306. The Kier molecular flexibility index (Phi) is 13.7. The molecule has 48 heavy (non-hydrogen) atoms. The van der Waals surface area contributed by atoms with Crippen LogP contribution in [0.25, 0.3) is 0 Å². The maximum absolute atomic E-state index is 13.4. The summed E-state index contributed by atoms with van der Waals surface area (Å²) < 4.78 is 32.0. The van der Waals surface area contributed by atoms with Gasteiger partial charge in [0.2, 0.25) is 0 Å². The first-order valence-electron chi connectivity index (χ1n) is 14.9. The van der Waals surface area contributed by atoms with Gasteiger partial charge in [-0.25, -0.2) is 9.79 Å². The number of oxime groups is 1. The normalized spacial score (nSPS) is 26.0. The molecule has 18 heteroatoms. The van der Waals surface area contributed by atoms with Crippen molar-refractivity contribution in [1.82, 2.24) is 5.32 Å². The highest BCUT2D eigenvalue weighted by Crippen LogP contribution is 2.30. The summed E-state index contributed by atoms with van der Waals surface area (Å²) in [6, 6.07) is 1.99. The molecule has 0 aromatic carbocycles. The number of nitrogens with two attached hydrogens (primary N) is 1. The number of carbonyl (C=O) groups is 4. The van der Waals surface area contributed by atoms with Crippen molar-refractivity contribution >= 4 is 46.3 Å². The van der Waals surface area contributed by atoms with Gasteiger partial charge in [-0.15, -0.1) is 11.8 Å². The van der Waals surface area contributed by atoms with Crippen molar-refractivity contribution in [3.8, 4) is 5.75 Å². The van der Waals surface area contributed by atoms with Crippen LogP contribution in [-0.2, 0) is 43.0 Å². The van der Waals surface area contributed by atoms with Gasteiger partial charge < -0.3 is 43.4 Å². The zero-order valence-electron chi connectivity index (χ0n) is 27.2. The Morgan fingerprint density at radius 3 is 2.50 bits per heavy atom. The predicted molar refractivity (Wildman–Crippen MR) is 170 cm³/mol. The van der Waals surface area contributed by atoms with Crippen molar-refractivity contribution in [2.45, 2.75) is 89.9 Å². The number of hydrogen-bond donors (Lipinski definition) is 3. The fourth-order valence-corrected chi connectivity index (χ4v) is 5.64. The van der Waals surface area contributed by atoms with Gasteiger partial charge in [-0.05, 0) is 13.3 Å². The minimum absolute atomic E-state index is 0.0257. The third-order valence-electron chi connectivity index (χ3n) is 6.75. The number of ether oxygens (including phenoxy) is 5. The van der Waals surface area contributed by atoms with Gasteiger partial charge in [0.25, 0.3) is 12.2 Å². The summed E-state index contributed by atoms with van der Waals surface area (Å²) in [4.78, 5) is 70.4. The van der Waals surface area contributed by atoms with Gasteiger partial charge in [0, 0.05) is 32.6 Å². The van der Waals surface area contributed by atoms with Crippen LogP contribution in [-0.4, -0.2) is 95.0 Å². The average Bonchev–Trinajstić information content (AvgIpc) is 3.43. The Labute approximate surface area is 280 Å². The summed E-state index contributed by atoms with van der Waals surface area (Å²) in [6.45, 7) is 10.1. The molecule has 2 aliphatic rings. The average molecular weight is 697 g/mol. The molecule has 0 spiro atoms. The van der Waals surface area contributed by atoms with Gasteiger partial charge in [-0.2, -0.15) is 0 Å². The zero-order valence-corrected chi connectivity index (χ0v) is 28.0. The summed E-state index contributed by atoms with van der Waals surface area (Å²) in [7, 11) is 0. The maximum atomic E-state index is 13.4. The van der Waals surface area contributed by atoms with Crippen molar-refractivity contribution in [3.63, 3.8) is 0 Å². The number of carbonyl (C=O) groups excluding carboxylic acids is 4. The number of aliphatic imine (C=N–C) groups is 1. The van der Waals surface area contributed by atoms with E-state index in [1.165, 1.54) is 25.1 Å². The third-order valence-corrected chi connectivity index (χ3v) is 8.00. The van der Waals surface area contributed by atoms with Crippen molar-refractivity contribution in [3.05, 3.63) is 41.0 Å².